The van der Waals surface area contributed by atoms with Crippen molar-refractivity contribution in [3.05, 3.63) is 67.6 Å². The quantitative estimate of drug-likeness (QED) is 0.770. The summed E-state index contributed by atoms with van der Waals surface area (Å²) in [7, 11) is 0. The summed E-state index contributed by atoms with van der Waals surface area (Å²) in [6.45, 7) is 4.52. The molecule has 0 saturated heterocycles. The Bertz CT molecular complexity index is 657. The van der Waals surface area contributed by atoms with Gasteiger partial charge in [-0.1, -0.05) is 63.0 Å². The van der Waals surface area contributed by atoms with E-state index >= 15 is 0 Å². The molecule has 0 amide bonds. The van der Waals surface area contributed by atoms with Crippen LogP contribution in [-0.2, 0) is 18.0 Å². The lowest BCUT2D eigenvalue weighted by atomic mass is 9.95. The molecule has 0 aromatic heterocycles. The first-order valence-corrected chi connectivity index (χ1v) is 8.65. The molecule has 1 aliphatic heterocycles. The van der Waals surface area contributed by atoms with E-state index in [4.69, 9.17) is 4.74 Å². The summed E-state index contributed by atoms with van der Waals surface area (Å²) in [6, 6.07) is 13.2. The van der Waals surface area contributed by atoms with Crippen LogP contribution in [0.3, 0.4) is 0 Å². The fraction of sp³-hybridized carbons (Fsp3) is 0.294. The number of hydrogen-bond donors (Lipinski definition) is 1. The van der Waals surface area contributed by atoms with Gasteiger partial charge in [0.1, 0.15) is 0 Å². The third-order valence-electron chi connectivity index (χ3n) is 3.76. The minimum Gasteiger partial charge on any atom is -0.372 e. The number of halogens is 2. The van der Waals surface area contributed by atoms with Gasteiger partial charge in [0.2, 0.25) is 0 Å². The van der Waals surface area contributed by atoms with E-state index in [2.05, 4.69) is 80.5 Å². The monoisotopic (exact) mass is 409 g/mol. The van der Waals surface area contributed by atoms with E-state index in [-0.39, 0.29) is 6.04 Å². The van der Waals surface area contributed by atoms with Crippen LogP contribution in [0.2, 0.25) is 0 Å². The maximum Gasteiger partial charge on any atom is 0.0725 e. The maximum absolute atomic E-state index is 5.52. The van der Waals surface area contributed by atoms with Gasteiger partial charge in [0.15, 0.2) is 0 Å². The molecular weight excluding hydrogens is 394 g/mol. The standard InChI is InChI=1S/C17H17Br2NO/c1-2-20-17(15-6-5-14(18)8-16(15)19)11-3-4-12-9-21-10-13(12)7-11/h3-8,17,20H,2,9-10H2,1H3. The van der Waals surface area contributed by atoms with Crippen LogP contribution in [0.4, 0.5) is 0 Å². The topological polar surface area (TPSA) is 21.3 Å². The second-order valence-corrected chi connectivity index (χ2v) is 6.95. The highest BCUT2D eigenvalue weighted by Crippen LogP contribution is 2.32. The van der Waals surface area contributed by atoms with E-state index in [1.54, 1.807) is 0 Å². The third-order valence-corrected chi connectivity index (χ3v) is 4.94. The molecule has 21 heavy (non-hydrogen) atoms. The Balaban J connectivity index is 2.01. The SMILES string of the molecule is CCNC(c1ccc2c(c1)COC2)c1ccc(Br)cc1Br. The summed E-state index contributed by atoms with van der Waals surface area (Å²) < 4.78 is 7.71. The average molecular weight is 411 g/mol. The van der Waals surface area contributed by atoms with Crippen molar-refractivity contribution >= 4 is 31.9 Å². The molecule has 1 N–H and O–H groups in total. The van der Waals surface area contributed by atoms with Gasteiger partial charge in [-0.25, -0.2) is 0 Å². The van der Waals surface area contributed by atoms with Crippen LogP contribution in [0, 0.1) is 0 Å². The van der Waals surface area contributed by atoms with Gasteiger partial charge in [-0.3, -0.25) is 0 Å². The van der Waals surface area contributed by atoms with E-state index in [1.807, 2.05) is 0 Å². The van der Waals surface area contributed by atoms with Gasteiger partial charge >= 0.3 is 0 Å². The molecule has 1 unspecified atom stereocenters. The van der Waals surface area contributed by atoms with Crippen molar-refractivity contribution in [3.63, 3.8) is 0 Å². The van der Waals surface area contributed by atoms with Crippen molar-refractivity contribution in [2.24, 2.45) is 0 Å². The lowest BCUT2D eigenvalue weighted by molar-refractivity contribution is 0.134. The molecule has 0 aliphatic carbocycles. The van der Waals surface area contributed by atoms with Gasteiger partial charge in [-0.2, -0.15) is 0 Å². The first kappa shape index (κ1) is 15.2. The lowest BCUT2D eigenvalue weighted by Gasteiger charge is -2.21. The highest BCUT2D eigenvalue weighted by molar-refractivity contribution is 9.11. The summed E-state index contributed by atoms with van der Waals surface area (Å²) in [6.07, 6.45) is 0. The predicted octanol–water partition coefficient (Wildman–Crippen LogP) is 4.94. The molecular formula is C17H17Br2NO. The molecule has 2 nitrogen and oxygen atoms in total. The Morgan fingerprint density at radius 2 is 1.90 bits per heavy atom. The van der Waals surface area contributed by atoms with Crippen LogP contribution >= 0.6 is 31.9 Å². The Morgan fingerprint density at radius 3 is 2.67 bits per heavy atom. The molecule has 0 radical (unpaired) electrons. The van der Waals surface area contributed by atoms with Gasteiger partial charge in [-0.15, -0.1) is 0 Å². The smallest absolute Gasteiger partial charge is 0.0725 e. The molecule has 1 atom stereocenters. The third kappa shape index (κ3) is 3.24. The number of rotatable bonds is 4. The minimum absolute atomic E-state index is 0.184. The molecule has 1 aliphatic rings. The molecule has 2 aromatic rings. The number of ether oxygens (including phenoxy) is 1. The molecule has 0 spiro atoms. The zero-order chi connectivity index (χ0) is 14.8. The van der Waals surface area contributed by atoms with E-state index in [1.165, 1.54) is 22.3 Å². The van der Waals surface area contributed by atoms with Gasteiger partial charge in [0.05, 0.1) is 19.3 Å². The van der Waals surface area contributed by atoms with E-state index in [0.717, 1.165) is 28.7 Å². The summed E-state index contributed by atoms with van der Waals surface area (Å²) in [5.41, 5.74) is 5.15. The Kier molecular flexibility index (Phi) is 4.79. The first-order valence-electron chi connectivity index (χ1n) is 7.07. The second-order valence-electron chi connectivity index (χ2n) is 5.18. The Morgan fingerprint density at radius 1 is 1.10 bits per heavy atom. The number of benzene rings is 2. The molecule has 0 saturated carbocycles. The van der Waals surface area contributed by atoms with Crippen molar-refractivity contribution in [1.82, 2.24) is 5.32 Å². The van der Waals surface area contributed by atoms with Gasteiger partial charge in [0, 0.05) is 8.95 Å². The second kappa shape index (κ2) is 6.61. The zero-order valence-electron chi connectivity index (χ0n) is 11.8. The van der Waals surface area contributed by atoms with Crippen molar-refractivity contribution < 1.29 is 4.74 Å². The summed E-state index contributed by atoms with van der Waals surface area (Å²) >= 11 is 7.20. The summed E-state index contributed by atoms with van der Waals surface area (Å²) in [5.74, 6) is 0. The van der Waals surface area contributed by atoms with Crippen molar-refractivity contribution in [3.8, 4) is 0 Å². The fourth-order valence-electron chi connectivity index (χ4n) is 2.72. The van der Waals surface area contributed by atoms with Crippen LogP contribution in [0.15, 0.2) is 45.3 Å². The number of hydrogen-bond acceptors (Lipinski definition) is 2. The zero-order valence-corrected chi connectivity index (χ0v) is 15.0. The van der Waals surface area contributed by atoms with Crippen molar-refractivity contribution in [2.75, 3.05) is 6.54 Å². The van der Waals surface area contributed by atoms with E-state index in [0.29, 0.717) is 0 Å². The predicted molar refractivity (Wildman–Crippen MR) is 92.3 cm³/mol. The van der Waals surface area contributed by atoms with Crippen LogP contribution in [0.25, 0.3) is 0 Å². The average Bonchev–Trinajstić information content (AvgIpc) is 2.93. The summed E-state index contributed by atoms with van der Waals surface area (Å²) in [5, 5.41) is 3.58. The highest BCUT2D eigenvalue weighted by Gasteiger charge is 2.19. The maximum atomic E-state index is 5.52. The normalized spacial score (nSPS) is 15.0. The molecule has 2 aromatic carbocycles. The van der Waals surface area contributed by atoms with Gasteiger partial charge in [0.25, 0.3) is 0 Å². The Labute approximate surface area is 142 Å². The molecule has 0 fully saturated rings. The molecule has 3 rings (SSSR count). The highest BCUT2D eigenvalue weighted by atomic mass is 79.9. The summed E-state index contributed by atoms with van der Waals surface area (Å²) in [4.78, 5) is 0. The Hall–Kier alpha value is -0.680. The first-order chi connectivity index (χ1) is 10.2. The van der Waals surface area contributed by atoms with Gasteiger partial charge in [-0.05, 0) is 40.9 Å². The fourth-order valence-corrected chi connectivity index (χ4v) is 3.99. The number of fused-ring (bicyclic) bond motifs is 1. The van der Waals surface area contributed by atoms with Crippen LogP contribution in [-0.4, -0.2) is 6.54 Å². The lowest BCUT2D eigenvalue weighted by Crippen LogP contribution is -2.22. The van der Waals surface area contributed by atoms with Crippen molar-refractivity contribution in [1.29, 1.82) is 0 Å². The van der Waals surface area contributed by atoms with Crippen LogP contribution in [0.1, 0.15) is 35.2 Å². The molecule has 1 heterocycles. The van der Waals surface area contributed by atoms with Crippen molar-refractivity contribution in [2.45, 2.75) is 26.2 Å². The van der Waals surface area contributed by atoms with Crippen LogP contribution in [0.5, 0.6) is 0 Å². The molecule has 0 bridgehead atoms. The van der Waals surface area contributed by atoms with Gasteiger partial charge < -0.3 is 10.1 Å². The number of nitrogens with one attached hydrogen (secondary N) is 1. The van der Waals surface area contributed by atoms with E-state index < -0.39 is 0 Å². The molecule has 110 valence electrons. The molecule has 4 heteroatoms. The van der Waals surface area contributed by atoms with Crippen LogP contribution < -0.4 is 5.32 Å². The van der Waals surface area contributed by atoms with E-state index in [9.17, 15) is 0 Å². The minimum atomic E-state index is 0.184. The largest absolute Gasteiger partial charge is 0.372 e.